The molecule has 2 aliphatic heterocycles. The average molecular weight is 289 g/mol. The predicted octanol–water partition coefficient (Wildman–Crippen LogP) is 2.12. The first-order valence-electron chi connectivity index (χ1n) is 6.80. The maximum atomic E-state index is 5.65. The third-order valence-corrected chi connectivity index (χ3v) is 4.90. The van der Waals surface area contributed by atoms with E-state index < -0.39 is 0 Å². The summed E-state index contributed by atoms with van der Waals surface area (Å²) in [6, 6.07) is 8.44. The Morgan fingerprint density at radius 3 is 3.10 bits per heavy atom. The summed E-state index contributed by atoms with van der Waals surface area (Å²) in [6.07, 6.45) is 0.863. The molecule has 2 aromatic rings. The first kappa shape index (κ1) is 12.4. The summed E-state index contributed by atoms with van der Waals surface area (Å²) in [5.74, 6) is 1.36. The van der Waals surface area contributed by atoms with Gasteiger partial charge in [-0.3, -0.25) is 0 Å². The monoisotopic (exact) mass is 289 g/mol. The number of thioether (sulfide) groups is 1. The van der Waals surface area contributed by atoms with Gasteiger partial charge in [0.2, 0.25) is 11.7 Å². The van der Waals surface area contributed by atoms with Crippen molar-refractivity contribution in [3.05, 3.63) is 41.5 Å². The lowest BCUT2D eigenvalue weighted by Gasteiger charge is -2.20. The SMILES string of the molecule is c1ccc2c(c1)CC(c1nc(C3CNCCO3)no1)S2. The molecule has 0 aliphatic carbocycles. The molecule has 1 N–H and O–H groups in total. The quantitative estimate of drug-likeness (QED) is 0.914. The van der Waals surface area contributed by atoms with Crippen LogP contribution in [0.2, 0.25) is 0 Å². The van der Waals surface area contributed by atoms with Crippen LogP contribution < -0.4 is 5.32 Å². The van der Waals surface area contributed by atoms with Crippen molar-refractivity contribution >= 4 is 11.8 Å². The molecule has 1 fully saturated rings. The first-order chi connectivity index (χ1) is 9.90. The Morgan fingerprint density at radius 1 is 1.30 bits per heavy atom. The van der Waals surface area contributed by atoms with E-state index in [2.05, 4.69) is 39.7 Å². The van der Waals surface area contributed by atoms with Gasteiger partial charge in [-0.2, -0.15) is 4.98 Å². The molecule has 1 aromatic heterocycles. The van der Waals surface area contributed by atoms with Crippen LogP contribution in [-0.4, -0.2) is 29.8 Å². The second-order valence-corrected chi connectivity index (χ2v) is 6.22. The molecule has 0 radical (unpaired) electrons. The summed E-state index contributed by atoms with van der Waals surface area (Å²) in [6.45, 7) is 2.32. The molecule has 20 heavy (non-hydrogen) atoms. The first-order valence-corrected chi connectivity index (χ1v) is 7.68. The van der Waals surface area contributed by atoms with Crippen molar-refractivity contribution in [2.75, 3.05) is 19.7 Å². The largest absolute Gasteiger partial charge is 0.367 e. The van der Waals surface area contributed by atoms with E-state index in [-0.39, 0.29) is 11.4 Å². The number of hydrogen-bond acceptors (Lipinski definition) is 6. The lowest BCUT2D eigenvalue weighted by Crippen LogP contribution is -2.33. The molecule has 5 nitrogen and oxygen atoms in total. The van der Waals surface area contributed by atoms with E-state index in [1.165, 1.54) is 10.5 Å². The average Bonchev–Trinajstić information content (AvgIpc) is 3.14. The minimum Gasteiger partial charge on any atom is -0.367 e. The molecule has 0 amide bonds. The fraction of sp³-hybridized carbons (Fsp3) is 0.429. The van der Waals surface area contributed by atoms with Gasteiger partial charge in [-0.15, -0.1) is 11.8 Å². The third-order valence-electron chi connectivity index (χ3n) is 3.60. The van der Waals surface area contributed by atoms with Crippen LogP contribution >= 0.6 is 11.8 Å². The third kappa shape index (κ3) is 2.24. The van der Waals surface area contributed by atoms with Crippen LogP contribution in [0.1, 0.15) is 28.6 Å². The minimum absolute atomic E-state index is 0.0879. The van der Waals surface area contributed by atoms with E-state index in [1.54, 1.807) is 11.8 Å². The second-order valence-electron chi connectivity index (χ2n) is 4.97. The van der Waals surface area contributed by atoms with Gasteiger partial charge in [0, 0.05) is 18.0 Å². The van der Waals surface area contributed by atoms with E-state index in [0.29, 0.717) is 18.3 Å². The van der Waals surface area contributed by atoms with Crippen LogP contribution in [0.15, 0.2) is 33.7 Å². The number of rotatable bonds is 2. The highest BCUT2D eigenvalue weighted by Crippen LogP contribution is 2.45. The topological polar surface area (TPSA) is 60.2 Å². The standard InChI is InChI=1S/C14H15N3O2S/c1-2-4-11-9(3-1)7-12(20-11)14-16-13(17-19-14)10-8-15-5-6-18-10/h1-4,10,12,15H,5-8H2. The number of morpholine rings is 1. The Balaban J connectivity index is 1.52. The Labute approximate surface area is 121 Å². The summed E-state index contributed by atoms with van der Waals surface area (Å²) in [7, 11) is 0. The van der Waals surface area contributed by atoms with Gasteiger partial charge in [0.05, 0.1) is 11.9 Å². The molecular weight excluding hydrogens is 274 g/mol. The Hall–Kier alpha value is -1.37. The van der Waals surface area contributed by atoms with Crippen molar-refractivity contribution in [3.8, 4) is 0 Å². The molecule has 3 heterocycles. The Bertz CT molecular complexity index is 585. The van der Waals surface area contributed by atoms with Crippen molar-refractivity contribution < 1.29 is 9.26 Å². The normalized spacial score (nSPS) is 25.6. The molecule has 0 bridgehead atoms. The molecule has 6 heteroatoms. The Morgan fingerprint density at radius 2 is 2.25 bits per heavy atom. The van der Waals surface area contributed by atoms with Crippen LogP contribution in [-0.2, 0) is 11.2 Å². The zero-order valence-corrected chi connectivity index (χ0v) is 11.7. The van der Waals surface area contributed by atoms with Crippen molar-refractivity contribution in [1.29, 1.82) is 0 Å². The number of ether oxygens (including phenoxy) is 1. The summed E-state index contributed by atoms with van der Waals surface area (Å²) in [5.41, 5.74) is 1.36. The molecule has 1 saturated heterocycles. The number of hydrogen-bond donors (Lipinski definition) is 1. The van der Waals surface area contributed by atoms with Gasteiger partial charge >= 0.3 is 0 Å². The van der Waals surface area contributed by atoms with E-state index in [9.17, 15) is 0 Å². The van der Waals surface area contributed by atoms with E-state index in [0.717, 1.165) is 19.5 Å². The van der Waals surface area contributed by atoms with Crippen molar-refractivity contribution in [2.45, 2.75) is 22.7 Å². The van der Waals surface area contributed by atoms with Crippen molar-refractivity contribution in [1.82, 2.24) is 15.5 Å². The van der Waals surface area contributed by atoms with Gasteiger partial charge in [-0.25, -0.2) is 0 Å². The molecule has 2 atom stereocenters. The molecule has 4 rings (SSSR count). The summed E-state index contributed by atoms with van der Waals surface area (Å²) < 4.78 is 11.1. The maximum Gasteiger partial charge on any atom is 0.240 e. The van der Waals surface area contributed by atoms with Crippen molar-refractivity contribution in [3.63, 3.8) is 0 Å². The van der Waals surface area contributed by atoms with Crippen LogP contribution in [0.3, 0.4) is 0 Å². The number of benzene rings is 1. The van der Waals surface area contributed by atoms with Gasteiger partial charge in [0.15, 0.2) is 0 Å². The maximum absolute atomic E-state index is 5.65. The van der Waals surface area contributed by atoms with Gasteiger partial charge in [0.25, 0.3) is 0 Å². The van der Waals surface area contributed by atoms with Crippen molar-refractivity contribution in [2.24, 2.45) is 0 Å². The molecule has 104 valence electrons. The van der Waals surface area contributed by atoms with E-state index in [4.69, 9.17) is 9.26 Å². The van der Waals surface area contributed by atoms with Crippen LogP contribution in [0.25, 0.3) is 0 Å². The zero-order chi connectivity index (χ0) is 13.4. The van der Waals surface area contributed by atoms with Gasteiger partial charge in [-0.1, -0.05) is 23.4 Å². The van der Waals surface area contributed by atoms with Gasteiger partial charge in [0.1, 0.15) is 6.10 Å². The smallest absolute Gasteiger partial charge is 0.240 e. The zero-order valence-electron chi connectivity index (χ0n) is 10.9. The highest BCUT2D eigenvalue weighted by atomic mass is 32.2. The summed E-state index contributed by atoms with van der Waals surface area (Å²) in [4.78, 5) is 5.85. The lowest BCUT2D eigenvalue weighted by atomic mass is 10.1. The van der Waals surface area contributed by atoms with Crippen LogP contribution in [0, 0.1) is 0 Å². The number of fused-ring (bicyclic) bond motifs is 1. The summed E-state index contributed by atoms with van der Waals surface area (Å²) in [5, 5.41) is 7.58. The molecular formula is C14H15N3O2S. The van der Waals surface area contributed by atoms with Gasteiger partial charge < -0.3 is 14.6 Å². The fourth-order valence-electron chi connectivity index (χ4n) is 2.56. The van der Waals surface area contributed by atoms with E-state index in [1.807, 2.05) is 0 Å². The molecule has 0 spiro atoms. The fourth-order valence-corrected chi connectivity index (χ4v) is 3.79. The molecule has 2 unspecified atom stereocenters. The Kier molecular flexibility index (Phi) is 3.22. The molecule has 2 aliphatic rings. The van der Waals surface area contributed by atoms with E-state index >= 15 is 0 Å². The second kappa shape index (κ2) is 5.20. The highest BCUT2D eigenvalue weighted by Gasteiger charge is 2.30. The lowest BCUT2D eigenvalue weighted by molar-refractivity contribution is 0.0208. The number of aromatic nitrogens is 2. The van der Waals surface area contributed by atoms with Crippen LogP contribution in [0.5, 0.6) is 0 Å². The summed E-state index contributed by atoms with van der Waals surface area (Å²) >= 11 is 1.80. The molecule has 1 aromatic carbocycles. The number of nitrogens with one attached hydrogen (secondary N) is 1. The number of nitrogens with zero attached hydrogens (tertiary/aromatic N) is 2. The predicted molar refractivity (Wildman–Crippen MR) is 74.6 cm³/mol. The minimum atomic E-state index is -0.0879. The highest BCUT2D eigenvalue weighted by molar-refractivity contribution is 7.99. The molecule has 0 saturated carbocycles. The van der Waals surface area contributed by atoms with Crippen LogP contribution in [0.4, 0.5) is 0 Å². The van der Waals surface area contributed by atoms with Gasteiger partial charge in [-0.05, 0) is 18.1 Å².